The molecular formula is C9H10N4O. The van der Waals surface area contributed by atoms with Gasteiger partial charge in [0.15, 0.2) is 5.78 Å². The molecule has 0 saturated carbocycles. The Morgan fingerprint density at radius 1 is 1.43 bits per heavy atom. The van der Waals surface area contributed by atoms with Gasteiger partial charge in [-0.15, -0.1) is 0 Å². The monoisotopic (exact) mass is 190 g/mol. The summed E-state index contributed by atoms with van der Waals surface area (Å²) in [4.78, 5) is 10.9. The topological polar surface area (TPSA) is 80.4 Å². The fourth-order valence-corrected chi connectivity index (χ4v) is 1.01. The third kappa shape index (κ3) is 2.01. The van der Waals surface area contributed by atoms with Crippen LogP contribution in [-0.4, -0.2) is 12.1 Å². The molecule has 1 aromatic rings. The Kier molecular flexibility index (Phi) is 3.06. The number of anilines is 1. The molecule has 0 bridgehead atoms. The zero-order valence-corrected chi connectivity index (χ0v) is 7.69. The largest absolute Gasteiger partial charge is 0.295 e. The van der Waals surface area contributed by atoms with Crippen LogP contribution in [0.4, 0.5) is 5.69 Å². The summed E-state index contributed by atoms with van der Waals surface area (Å²) in [6.45, 7) is 1.48. The standard InChI is InChI=1S/C9H10N4O/c1-7(14)8-2-4-9(5-3-8)13(6-10)12-11/h2-6,10-11H,1H3. The van der Waals surface area contributed by atoms with Gasteiger partial charge in [-0.2, -0.15) is 5.53 Å². The molecule has 0 atom stereocenters. The Morgan fingerprint density at radius 2 is 2.00 bits per heavy atom. The predicted octanol–water partition coefficient (Wildman–Crippen LogP) is 2.25. The van der Waals surface area contributed by atoms with E-state index < -0.39 is 0 Å². The summed E-state index contributed by atoms with van der Waals surface area (Å²) in [5.74, 6) is -0.0132. The number of Topliss-reactive ketones (excluding diaryl/α,β-unsaturated/α-hetero) is 1. The highest BCUT2D eigenvalue weighted by Gasteiger charge is 2.02. The van der Waals surface area contributed by atoms with Crippen LogP contribution in [0.2, 0.25) is 0 Å². The van der Waals surface area contributed by atoms with Crippen LogP contribution in [0.5, 0.6) is 0 Å². The SMILES string of the molecule is CC(=O)c1ccc(N(C=N)N=N)cc1. The van der Waals surface area contributed by atoms with E-state index in [1.54, 1.807) is 24.3 Å². The number of ketones is 1. The Morgan fingerprint density at radius 3 is 2.36 bits per heavy atom. The summed E-state index contributed by atoms with van der Waals surface area (Å²) >= 11 is 0. The van der Waals surface area contributed by atoms with Crippen LogP contribution >= 0.6 is 0 Å². The summed E-state index contributed by atoms with van der Waals surface area (Å²) in [7, 11) is 0. The molecule has 14 heavy (non-hydrogen) atoms. The second-order valence-electron chi connectivity index (χ2n) is 2.68. The molecule has 0 aliphatic carbocycles. The van der Waals surface area contributed by atoms with Gasteiger partial charge in [-0.1, -0.05) is 5.22 Å². The molecule has 0 heterocycles. The summed E-state index contributed by atoms with van der Waals surface area (Å²) in [5.41, 5.74) is 7.95. The van der Waals surface area contributed by atoms with Gasteiger partial charge in [0, 0.05) is 5.56 Å². The molecule has 1 rings (SSSR count). The van der Waals surface area contributed by atoms with Crippen molar-refractivity contribution >= 4 is 17.8 Å². The molecule has 0 radical (unpaired) electrons. The van der Waals surface area contributed by atoms with Crippen molar-refractivity contribution in [2.75, 3.05) is 5.01 Å². The number of hydrogen-bond acceptors (Lipinski definition) is 4. The van der Waals surface area contributed by atoms with E-state index in [-0.39, 0.29) is 5.78 Å². The highest BCUT2D eigenvalue weighted by Crippen LogP contribution is 2.14. The minimum atomic E-state index is -0.0132. The maximum absolute atomic E-state index is 10.9. The third-order valence-electron chi connectivity index (χ3n) is 1.77. The van der Waals surface area contributed by atoms with Crippen LogP contribution in [0.1, 0.15) is 17.3 Å². The van der Waals surface area contributed by atoms with Gasteiger partial charge in [0.2, 0.25) is 0 Å². The molecule has 0 aliphatic rings. The van der Waals surface area contributed by atoms with Gasteiger partial charge in [0.25, 0.3) is 0 Å². The first kappa shape index (κ1) is 10.0. The number of carbonyl (C=O) groups is 1. The van der Waals surface area contributed by atoms with E-state index in [0.717, 1.165) is 11.3 Å². The van der Waals surface area contributed by atoms with Gasteiger partial charge < -0.3 is 0 Å². The van der Waals surface area contributed by atoms with Gasteiger partial charge in [0.1, 0.15) is 6.34 Å². The first-order valence-electron chi connectivity index (χ1n) is 3.97. The molecule has 0 fully saturated rings. The smallest absolute Gasteiger partial charge is 0.159 e. The van der Waals surface area contributed by atoms with Crippen LogP contribution in [0, 0.1) is 10.9 Å². The normalized spacial score (nSPS) is 9.21. The van der Waals surface area contributed by atoms with Gasteiger partial charge in [-0.25, -0.2) is 5.01 Å². The molecule has 0 aliphatic heterocycles. The van der Waals surface area contributed by atoms with Crippen LogP contribution in [0.15, 0.2) is 29.5 Å². The Bertz CT molecular complexity index is 350. The minimum Gasteiger partial charge on any atom is -0.295 e. The molecule has 5 nitrogen and oxygen atoms in total. The predicted molar refractivity (Wildman–Crippen MR) is 52.9 cm³/mol. The van der Waals surface area contributed by atoms with Crippen molar-refractivity contribution in [3.8, 4) is 0 Å². The van der Waals surface area contributed by atoms with E-state index in [4.69, 9.17) is 10.9 Å². The summed E-state index contributed by atoms with van der Waals surface area (Å²) in [6.07, 6.45) is 0.926. The van der Waals surface area contributed by atoms with Gasteiger partial charge in [0.05, 0.1) is 5.69 Å². The molecule has 1 aromatic carbocycles. The molecule has 5 heteroatoms. The van der Waals surface area contributed by atoms with Crippen molar-refractivity contribution in [3.63, 3.8) is 0 Å². The molecule has 72 valence electrons. The average molecular weight is 190 g/mol. The summed E-state index contributed by atoms with van der Waals surface area (Å²) < 4.78 is 0. The van der Waals surface area contributed by atoms with Crippen molar-refractivity contribution in [1.29, 1.82) is 10.9 Å². The molecular weight excluding hydrogens is 180 g/mol. The van der Waals surface area contributed by atoms with Crippen LogP contribution < -0.4 is 5.01 Å². The lowest BCUT2D eigenvalue weighted by Crippen LogP contribution is -2.11. The van der Waals surface area contributed by atoms with E-state index in [9.17, 15) is 4.79 Å². The highest BCUT2D eigenvalue weighted by molar-refractivity contribution is 5.94. The Hall–Kier alpha value is -2.04. The van der Waals surface area contributed by atoms with Gasteiger partial charge >= 0.3 is 0 Å². The fourth-order valence-electron chi connectivity index (χ4n) is 1.01. The molecule has 0 amide bonds. The Balaban J connectivity index is 2.98. The molecule has 0 saturated heterocycles. The summed E-state index contributed by atoms with van der Waals surface area (Å²) in [5, 5.41) is 11.1. The number of carbonyl (C=O) groups excluding carboxylic acids is 1. The number of nitrogens with one attached hydrogen (secondary N) is 2. The lowest BCUT2D eigenvalue weighted by molar-refractivity contribution is 0.101. The average Bonchev–Trinajstić information content (AvgIpc) is 2.20. The maximum atomic E-state index is 10.9. The number of hydrogen-bond donors (Lipinski definition) is 2. The van der Waals surface area contributed by atoms with E-state index in [2.05, 4.69) is 5.22 Å². The van der Waals surface area contributed by atoms with E-state index in [1.165, 1.54) is 6.92 Å². The van der Waals surface area contributed by atoms with Crippen LogP contribution in [0.25, 0.3) is 0 Å². The van der Waals surface area contributed by atoms with E-state index in [1.807, 2.05) is 0 Å². The van der Waals surface area contributed by atoms with Crippen molar-refractivity contribution in [1.82, 2.24) is 0 Å². The van der Waals surface area contributed by atoms with Crippen molar-refractivity contribution < 1.29 is 4.79 Å². The molecule has 2 N–H and O–H groups in total. The molecule has 0 aromatic heterocycles. The number of benzene rings is 1. The zero-order valence-electron chi connectivity index (χ0n) is 7.69. The maximum Gasteiger partial charge on any atom is 0.159 e. The second kappa shape index (κ2) is 4.27. The summed E-state index contributed by atoms with van der Waals surface area (Å²) in [6, 6.07) is 6.55. The van der Waals surface area contributed by atoms with Gasteiger partial charge in [-0.3, -0.25) is 10.2 Å². The van der Waals surface area contributed by atoms with E-state index in [0.29, 0.717) is 11.3 Å². The third-order valence-corrected chi connectivity index (χ3v) is 1.77. The molecule has 0 unspecified atom stereocenters. The minimum absolute atomic E-state index is 0.0132. The quantitative estimate of drug-likeness (QED) is 0.251. The lowest BCUT2D eigenvalue weighted by atomic mass is 10.1. The van der Waals surface area contributed by atoms with Crippen molar-refractivity contribution in [2.45, 2.75) is 6.92 Å². The lowest BCUT2D eigenvalue weighted by Gasteiger charge is -2.09. The highest BCUT2D eigenvalue weighted by atomic mass is 16.1. The van der Waals surface area contributed by atoms with Crippen molar-refractivity contribution in [3.05, 3.63) is 29.8 Å². The van der Waals surface area contributed by atoms with Crippen LogP contribution in [0.3, 0.4) is 0 Å². The second-order valence-corrected chi connectivity index (χ2v) is 2.68. The van der Waals surface area contributed by atoms with Crippen LogP contribution in [-0.2, 0) is 0 Å². The number of nitrogens with zero attached hydrogens (tertiary/aromatic N) is 2. The van der Waals surface area contributed by atoms with Crippen molar-refractivity contribution in [2.24, 2.45) is 5.22 Å². The zero-order chi connectivity index (χ0) is 10.6. The molecule has 0 spiro atoms. The first-order valence-corrected chi connectivity index (χ1v) is 3.97. The Labute approximate surface area is 81.3 Å². The number of rotatable bonds is 4. The van der Waals surface area contributed by atoms with E-state index >= 15 is 0 Å². The first-order chi connectivity index (χ1) is 6.69. The fraction of sp³-hybridized carbons (Fsp3) is 0.111. The van der Waals surface area contributed by atoms with Gasteiger partial charge in [-0.05, 0) is 31.2 Å².